The van der Waals surface area contributed by atoms with Crippen molar-refractivity contribution in [2.75, 3.05) is 13.1 Å². The molecule has 0 saturated carbocycles. The third-order valence-corrected chi connectivity index (χ3v) is 6.63. The summed E-state index contributed by atoms with van der Waals surface area (Å²) in [6.45, 7) is 0.687. The maximum atomic E-state index is 12.9. The molecule has 0 spiro atoms. The zero-order valence-corrected chi connectivity index (χ0v) is 15.2. The van der Waals surface area contributed by atoms with E-state index >= 15 is 0 Å². The molecule has 1 aliphatic heterocycles. The zero-order chi connectivity index (χ0) is 18.9. The van der Waals surface area contributed by atoms with Crippen LogP contribution in [-0.4, -0.2) is 40.8 Å². The van der Waals surface area contributed by atoms with Crippen molar-refractivity contribution in [2.45, 2.75) is 17.4 Å². The van der Waals surface area contributed by atoms with Crippen LogP contribution in [0.15, 0.2) is 65.7 Å². The number of hydrogen-bond acceptors (Lipinski definition) is 5. The second-order valence-electron chi connectivity index (χ2n) is 6.36. The molecule has 8 heteroatoms. The maximum Gasteiger partial charge on any atom is 0.244 e. The summed E-state index contributed by atoms with van der Waals surface area (Å²) in [5.41, 5.74) is 1.88. The Kier molecular flexibility index (Phi) is 4.48. The fraction of sp³-hybridized carbons (Fsp3) is 0.211. The van der Waals surface area contributed by atoms with Gasteiger partial charge in [0.25, 0.3) is 0 Å². The minimum absolute atomic E-state index is 0.0525. The average molecular weight is 379 g/mol. The third-order valence-electron chi connectivity index (χ3n) is 4.71. The van der Waals surface area contributed by atoms with Crippen molar-refractivity contribution < 1.29 is 8.42 Å². The van der Waals surface area contributed by atoms with Gasteiger partial charge in [-0.15, -0.1) is 5.10 Å². The largest absolute Gasteiger partial charge is 0.247 e. The number of hydrogen-bond donors (Lipinski definition) is 0. The number of nitriles is 1. The molecule has 4 rings (SSSR count). The van der Waals surface area contributed by atoms with Crippen LogP contribution in [0.5, 0.6) is 0 Å². The van der Waals surface area contributed by atoms with Crippen molar-refractivity contribution in [2.24, 2.45) is 0 Å². The zero-order valence-electron chi connectivity index (χ0n) is 14.4. The lowest BCUT2D eigenvalue weighted by Gasteiger charge is -2.17. The SMILES string of the molecule is N#Cc1ccccc1S(=O)(=O)N1CC[C@@H](n2cc(-c3ccccc3)nn2)C1. The van der Waals surface area contributed by atoms with Crippen LogP contribution in [0.1, 0.15) is 18.0 Å². The van der Waals surface area contributed by atoms with Gasteiger partial charge < -0.3 is 0 Å². The Balaban J connectivity index is 1.56. The molecule has 2 aromatic carbocycles. The van der Waals surface area contributed by atoms with Crippen molar-refractivity contribution in [1.29, 1.82) is 5.26 Å². The van der Waals surface area contributed by atoms with Crippen molar-refractivity contribution in [3.63, 3.8) is 0 Å². The van der Waals surface area contributed by atoms with Gasteiger partial charge in [0.2, 0.25) is 10.0 Å². The van der Waals surface area contributed by atoms with E-state index in [2.05, 4.69) is 10.3 Å². The van der Waals surface area contributed by atoms with Crippen molar-refractivity contribution >= 4 is 10.0 Å². The fourth-order valence-corrected chi connectivity index (χ4v) is 4.90. The van der Waals surface area contributed by atoms with Gasteiger partial charge in [0.15, 0.2) is 0 Å². The maximum absolute atomic E-state index is 12.9. The molecule has 1 aromatic heterocycles. The van der Waals surface area contributed by atoms with Crippen LogP contribution in [-0.2, 0) is 10.0 Å². The first-order valence-electron chi connectivity index (χ1n) is 8.56. The van der Waals surface area contributed by atoms with Gasteiger partial charge in [-0.2, -0.15) is 9.57 Å². The quantitative estimate of drug-likeness (QED) is 0.694. The first-order valence-corrected chi connectivity index (χ1v) is 10.00. The normalized spacial score (nSPS) is 17.7. The highest BCUT2D eigenvalue weighted by Crippen LogP contribution is 2.29. The van der Waals surface area contributed by atoms with Gasteiger partial charge >= 0.3 is 0 Å². The van der Waals surface area contributed by atoms with Crippen molar-refractivity contribution in [1.82, 2.24) is 19.3 Å². The lowest BCUT2D eigenvalue weighted by atomic mass is 10.2. The van der Waals surface area contributed by atoms with Gasteiger partial charge in [0, 0.05) is 18.7 Å². The molecule has 0 bridgehead atoms. The molecule has 27 heavy (non-hydrogen) atoms. The van der Waals surface area contributed by atoms with E-state index in [0.29, 0.717) is 19.5 Å². The van der Waals surface area contributed by atoms with Crippen LogP contribution in [0.3, 0.4) is 0 Å². The Bertz CT molecular complexity index is 1100. The first kappa shape index (κ1) is 17.4. The predicted molar refractivity (Wildman–Crippen MR) is 99.0 cm³/mol. The van der Waals surface area contributed by atoms with Crippen LogP contribution in [0.2, 0.25) is 0 Å². The highest BCUT2D eigenvalue weighted by Gasteiger charge is 2.35. The third kappa shape index (κ3) is 3.23. The smallest absolute Gasteiger partial charge is 0.244 e. The average Bonchev–Trinajstić information content (AvgIpc) is 3.38. The molecule has 1 saturated heterocycles. The van der Waals surface area contributed by atoms with E-state index in [1.807, 2.05) is 42.6 Å². The fourth-order valence-electron chi connectivity index (χ4n) is 3.26. The Labute approximate surface area is 157 Å². The molecule has 0 amide bonds. The topological polar surface area (TPSA) is 91.9 Å². The second kappa shape index (κ2) is 6.95. The Morgan fingerprint density at radius 3 is 2.59 bits per heavy atom. The number of nitrogens with zero attached hydrogens (tertiary/aromatic N) is 5. The van der Waals surface area contributed by atoms with Crippen molar-refractivity contribution in [3.8, 4) is 17.3 Å². The minimum Gasteiger partial charge on any atom is -0.247 e. The molecule has 0 radical (unpaired) electrons. The summed E-state index contributed by atoms with van der Waals surface area (Å²) >= 11 is 0. The highest BCUT2D eigenvalue weighted by atomic mass is 32.2. The molecule has 1 atom stereocenters. The first-order chi connectivity index (χ1) is 13.1. The van der Waals surface area contributed by atoms with E-state index in [9.17, 15) is 13.7 Å². The Morgan fingerprint density at radius 2 is 1.81 bits per heavy atom. The number of benzene rings is 2. The molecule has 0 N–H and O–H groups in total. The molecule has 7 nitrogen and oxygen atoms in total. The van der Waals surface area contributed by atoms with Gasteiger partial charge in [-0.25, -0.2) is 13.1 Å². The second-order valence-corrected chi connectivity index (χ2v) is 8.27. The number of rotatable bonds is 4. The Morgan fingerprint density at radius 1 is 1.07 bits per heavy atom. The summed E-state index contributed by atoms with van der Waals surface area (Å²) in [6.07, 6.45) is 2.49. The van der Waals surface area contributed by atoms with E-state index in [-0.39, 0.29) is 16.5 Å². The molecule has 1 fully saturated rings. The summed E-state index contributed by atoms with van der Waals surface area (Å²) in [7, 11) is -3.72. The van der Waals surface area contributed by atoms with Crippen LogP contribution >= 0.6 is 0 Å². The highest BCUT2D eigenvalue weighted by molar-refractivity contribution is 7.89. The van der Waals surface area contributed by atoms with Gasteiger partial charge in [-0.3, -0.25) is 0 Å². The van der Waals surface area contributed by atoms with Crippen molar-refractivity contribution in [3.05, 3.63) is 66.4 Å². The van der Waals surface area contributed by atoms with Gasteiger partial charge in [-0.05, 0) is 18.6 Å². The number of aromatic nitrogens is 3. The molecule has 0 unspecified atom stereocenters. The molecular formula is C19H17N5O2S. The summed E-state index contributed by atoms with van der Waals surface area (Å²) in [5.74, 6) is 0. The van der Waals surface area contributed by atoms with Gasteiger partial charge in [0.05, 0.1) is 22.7 Å². The van der Waals surface area contributed by atoms with Crippen LogP contribution in [0.4, 0.5) is 0 Å². The van der Waals surface area contributed by atoms with Crippen LogP contribution < -0.4 is 0 Å². The van der Waals surface area contributed by atoms with Gasteiger partial charge in [-0.1, -0.05) is 47.7 Å². The molecule has 3 aromatic rings. The van der Waals surface area contributed by atoms with E-state index < -0.39 is 10.0 Å². The predicted octanol–water partition coefficient (Wildman–Crippen LogP) is 2.45. The molecule has 136 valence electrons. The summed E-state index contributed by atoms with van der Waals surface area (Å²) in [6, 6.07) is 17.9. The monoisotopic (exact) mass is 379 g/mol. The molecular weight excluding hydrogens is 362 g/mol. The standard InChI is InChI=1S/C19H17N5O2S/c20-12-16-8-4-5-9-19(16)27(25,26)23-11-10-17(13-23)24-14-18(21-22-24)15-6-2-1-3-7-15/h1-9,14,17H,10-11,13H2/t17-/m1/s1. The van der Waals surface area contributed by atoms with Crippen LogP contribution in [0, 0.1) is 11.3 Å². The number of sulfonamides is 1. The minimum atomic E-state index is -3.72. The Hall–Kier alpha value is -3.02. The lowest BCUT2D eigenvalue weighted by molar-refractivity contribution is 0.428. The van der Waals surface area contributed by atoms with E-state index in [0.717, 1.165) is 11.3 Å². The summed E-state index contributed by atoms with van der Waals surface area (Å²) in [4.78, 5) is 0.0525. The lowest BCUT2D eigenvalue weighted by Crippen LogP contribution is -2.30. The molecule has 0 aliphatic carbocycles. The summed E-state index contributed by atoms with van der Waals surface area (Å²) < 4.78 is 29.0. The molecule has 2 heterocycles. The summed E-state index contributed by atoms with van der Waals surface area (Å²) in [5, 5.41) is 17.6. The van der Waals surface area contributed by atoms with Crippen LogP contribution in [0.25, 0.3) is 11.3 Å². The van der Waals surface area contributed by atoms with E-state index in [1.165, 1.54) is 16.4 Å². The van der Waals surface area contributed by atoms with E-state index in [4.69, 9.17) is 0 Å². The molecule has 1 aliphatic rings. The van der Waals surface area contributed by atoms with E-state index in [1.54, 1.807) is 16.8 Å². The van der Waals surface area contributed by atoms with Gasteiger partial charge in [0.1, 0.15) is 11.8 Å².